The highest BCUT2D eigenvalue weighted by molar-refractivity contribution is 4.81. The van der Waals surface area contributed by atoms with Gasteiger partial charge in [0.1, 0.15) is 6.10 Å². The molecule has 0 radical (unpaired) electrons. The molecule has 0 aromatic heterocycles. The molecule has 0 saturated carbocycles. The van der Waals surface area contributed by atoms with Crippen LogP contribution in [0.5, 0.6) is 0 Å². The van der Waals surface area contributed by atoms with Crippen LogP contribution in [-0.2, 0) is 4.74 Å². The van der Waals surface area contributed by atoms with Crippen LogP contribution in [0.25, 0.3) is 0 Å². The van der Waals surface area contributed by atoms with E-state index in [1.54, 1.807) is 0 Å². The summed E-state index contributed by atoms with van der Waals surface area (Å²) in [4.78, 5) is 0. The first-order valence-corrected chi connectivity index (χ1v) is 10.3. The number of unbranched alkanes of at least 4 members (excludes halogenated alkanes) is 10. The molecule has 0 fully saturated rings. The van der Waals surface area contributed by atoms with E-state index >= 15 is 0 Å². The van der Waals surface area contributed by atoms with Gasteiger partial charge in [-0.1, -0.05) is 70.4 Å². The van der Waals surface area contributed by atoms with Gasteiger partial charge in [0.25, 0.3) is 0 Å². The monoisotopic (exact) mass is 342 g/mol. The van der Waals surface area contributed by atoms with E-state index < -0.39 is 6.10 Å². The van der Waals surface area contributed by atoms with E-state index in [9.17, 15) is 5.11 Å². The molecule has 0 amide bonds. The first-order valence-electron chi connectivity index (χ1n) is 10.3. The quantitative estimate of drug-likeness (QED) is 0.259. The van der Waals surface area contributed by atoms with Crippen LogP contribution in [-0.4, -0.2) is 35.6 Å². The van der Waals surface area contributed by atoms with Gasteiger partial charge in [-0.2, -0.15) is 0 Å². The van der Waals surface area contributed by atoms with Crippen molar-refractivity contribution in [1.82, 2.24) is 0 Å². The van der Waals surface area contributed by atoms with Crippen molar-refractivity contribution in [3.63, 3.8) is 0 Å². The van der Waals surface area contributed by atoms with Gasteiger partial charge in [0.15, 0.2) is 0 Å². The zero-order valence-corrected chi connectivity index (χ0v) is 16.2. The second-order valence-electron chi connectivity index (χ2n) is 7.00. The molecule has 0 aliphatic rings. The minimum Gasteiger partial charge on any atom is -0.394 e. The normalized spacial score (nSPS) is 14.3. The molecule has 0 rings (SSSR count). The third-order valence-corrected chi connectivity index (χ3v) is 4.41. The molecule has 3 nitrogen and oxygen atoms in total. The van der Waals surface area contributed by atoms with Gasteiger partial charge in [0.2, 0.25) is 0 Å². The lowest BCUT2D eigenvalue weighted by Crippen LogP contribution is -2.22. The first-order chi connectivity index (χ1) is 11.7. The summed E-state index contributed by atoms with van der Waals surface area (Å²) in [5.41, 5.74) is 0. The van der Waals surface area contributed by atoms with E-state index in [0.29, 0.717) is 0 Å². The fraction of sp³-hybridized carbons (Fsp3) is 0.905. The minimum absolute atomic E-state index is 0.170. The Bertz CT molecular complexity index is 266. The van der Waals surface area contributed by atoms with E-state index in [-0.39, 0.29) is 19.3 Å². The largest absolute Gasteiger partial charge is 0.394 e. The van der Waals surface area contributed by atoms with Crippen LogP contribution in [0.15, 0.2) is 12.2 Å². The van der Waals surface area contributed by atoms with Crippen molar-refractivity contribution in [2.75, 3.05) is 13.2 Å². The van der Waals surface area contributed by atoms with Crippen LogP contribution in [0, 0.1) is 0 Å². The zero-order chi connectivity index (χ0) is 17.9. The van der Waals surface area contributed by atoms with Gasteiger partial charge < -0.3 is 14.9 Å². The van der Waals surface area contributed by atoms with Crippen molar-refractivity contribution in [1.29, 1.82) is 0 Å². The lowest BCUT2D eigenvalue weighted by Gasteiger charge is -2.15. The van der Waals surface area contributed by atoms with Crippen LogP contribution in [0.3, 0.4) is 0 Å². The SMILES string of the molecule is CCCCCCCCC=CCCCCCCC(C)OCC(O)CO. The van der Waals surface area contributed by atoms with Gasteiger partial charge in [0.05, 0.1) is 19.3 Å². The molecule has 0 spiro atoms. The number of ether oxygens (including phenoxy) is 1. The number of allylic oxidation sites excluding steroid dienone is 2. The van der Waals surface area contributed by atoms with E-state index in [1.165, 1.54) is 77.0 Å². The van der Waals surface area contributed by atoms with Gasteiger partial charge in [-0.25, -0.2) is 0 Å². The zero-order valence-electron chi connectivity index (χ0n) is 16.2. The third-order valence-electron chi connectivity index (χ3n) is 4.41. The molecule has 3 heteroatoms. The Balaban J connectivity index is 3.22. The Labute approximate surface area is 150 Å². The van der Waals surface area contributed by atoms with Crippen molar-refractivity contribution in [3.05, 3.63) is 12.2 Å². The molecular formula is C21H42O3. The second kappa shape index (κ2) is 19.0. The molecule has 0 bridgehead atoms. The Morgan fingerprint density at radius 2 is 1.38 bits per heavy atom. The van der Waals surface area contributed by atoms with E-state index in [2.05, 4.69) is 19.1 Å². The predicted octanol–water partition coefficient (Wildman–Crippen LogP) is 5.39. The highest BCUT2D eigenvalue weighted by atomic mass is 16.5. The number of aliphatic hydroxyl groups is 2. The average molecular weight is 343 g/mol. The fourth-order valence-electron chi connectivity index (χ4n) is 2.74. The molecule has 24 heavy (non-hydrogen) atoms. The van der Waals surface area contributed by atoms with Crippen molar-refractivity contribution < 1.29 is 14.9 Å². The average Bonchev–Trinajstić information content (AvgIpc) is 2.59. The van der Waals surface area contributed by atoms with Crippen LogP contribution in [0.4, 0.5) is 0 Å². The van der Waals surface area contributed by atoms with Crippen molar-refractivity contribution in [2.45, 2.75) is 110 Å². The molecule has 0 aromatic carbocycles. The van der Waals surface area contributed by atoms with Gasteiger partial charge in [-0.15, -0.1) is 0 Å². The first kappa shape index (κ1) is 23.6. The van der Waals surface area contributed by atoms with Crippen LogP contribution < -0.4 is 0 Å². The number of hydrogen-bond donors (Lipinski definition) is 2. The van der Waals surface area contributed by atoms with E-state index in [1.807, 2.05) is 6.92 Å². The number of hydrogen-bond acceptors (Lipinski definition) is 3. The Morgan fingerprint density at radius 1 is 0.833 bits per heavy atom. The molecular weight excluding hydrogens is 300 g/mol. The molecule has 0 saturated heterocycles. The van der Waals surface area contributed by atoms with Gasteiger partial charge in [-0.3, -0.25) is 0 Å². The van der Waals surface area contributed by atoms with Crippen LogP contribution >= 0.6 is 0 Å². The van der Waals surface area contributed by atoms with Crippen molar-refractivity contribution in [2.24, 2.45) is 0 Å². The summed E-state index contributed by atoms with van der Waals surface area (Å²) < 4.78 is 5.49. The van der Waals surface area contributed by atoms with Gasteiger partial charge >= 0.3 is 0 Å². The highest BCUT2D eigenvalue weighted by Gasteiger charge is 2.06. The maximum atomic E-state index is 9.22. The molecule has 0 aliphatic heterocycles. The molecule has 144 valence electrons. The second-order valence-corrected chi connectivity index (χ2v) is 7.00. The molecule has 2 atom stereocenters. The maximum Gasteiger partial charge on any atom is 0.100 e. The summed E-state index contributed by atoms with van der Waals surface area (Å²) in [6.45, 7) is 4.32. The minimum atomic E-state index is -0.740. The summed E-state index contributed by atoms with van der Waals surface area (Å²) in [6, 6.07) is 0. The van der Waals surface area contributed by atoms with Crippen molar-refractivity contribution in [3.8, 4) is 0 Å². The smallest absolute Gasteiger partial charge is 0.100 e. The lowest BCUT2D eigenvalue weighted by atomic mass is 10.1. The van der Waals surface area contributed by atoms with Crippen LogP contribution in [0.2, 0.25) is 0 Å². The standard InChI is InChI=1S/C21H42O3/c1-3-4-5-6-7-8-9-10-11-12-13-14-15-16-17-20(2)24-19-21(23)18-22/h10-11,20-23H,3-9,12-19H2,1-2H3. The number of aliphatic hydroxyl groups excluding tert-OH is 2. The van der Waals surface area contributed by atoms with Crippen LogP contribution in [0.1, 0.15) is 97.3 Å². The molecule has 0 aromatic rings. The molecule has 2 N–H and O–H groups in total. The third kappa shape index (κ3) is 18.0. The van der Waals surface area contributed by atoms with Gasteiger partial charge in [0, 0.05) is 0 Å². The summed E-state index contributed by atoms with van der Waals surface area (Å²) >= 11 is 0. The summed E-state index contributed by atoms with van der Waals surface area (Å²) in [6.07, 6.45) is 20.9. The molecule has 0 aliphatic carbocycles. The Hall–Kier alpha value is -0.380. The van der Waals surface area contributed by atoms with Crippen molar-refractivity contribution >= 4 is 0 Å². The molecule has 0 heterocycles. The highest BCUT2D eigenvalue weighted by Crippen LogP contribution is 2.11. The van der Waals surface area contributed by atoms with Gasteiger partial charge in [-0.05, 0) is 39.0 Å². The predicted molar refractivity (Wildman–Crippen MR) is 103 cm³/mol. The Morgan fingerprint density at radius 3 is 1.96 bits per heavy atom. The van der Waals surface area contributed by atoms with E-state index in [0.717, 1.165) is 6.42 Å². The van der Waals surface area contributed by atoms with E-state index in [4.69, 9.17) is 9.84 Å². The topological polar surface area (TPSA) is 49.7 Å². The summed E-state index contributed by atoms with van der Waals surface area (Å²) in [5, 5.41) is 17.9. The summed E-state index contributed by atoms with van der Waals surface area (Å²) in [7, 11) is 0. The summed E-state index contributed by atoms with van der Waals surface area (Å²) in [5.74, 6) is 0. The maximum absolute atomic E-state index is 9.22. The lowest BCUT2D eigenvalue weighted by molar-refractivity contribution is -0.0254. The fourth-order valence-corrected chi connectivity index (χ4v) is 2.74. The number of rotatable bonds is 18. The molecule has 2 unspecified atom stereocenters. The Kier molecular flexibility index (Phi) is 18.7.